The number of cyclic esters (lactones) is 2. The van der Waals surface area contributed by atoms with Crippen LogP contribution in [-0.4, -0.2) is 152 Å². The number of ether oxygens (including phenoxy) is 8. The molecule has 6 aromatic rings. The van der Waals surface area contributed by atoms with Crippen molar-refractivity contribution in [3.63, 3.8) is 0 Å². The first kappa shape index (κ1) is 70.1. The van der Waals surface area contributed by atoms with Gasteiger partial charge >= 0.3 is 11.9 Å². The van der Waals surface area contributed by atoms with Crippen molar-refractivity contribution >= 4 is 76.8 Å². The van der Waals surface area contributed by atoms with E-state index in [0.717, 1.165) is 39.6 Å². The van der Waals surface area contributed by atoms with E-state index < -0.39 is 66.2 Å². The molecular weight excluding hydrogens is 1270 g/mol. The topological polar surface area (TPSA) is 297 Å². The fourth-order valence-corrected chi connectivity index (χ4v) is 26.4. The summed E-state index contributed by atoms with van der Waals surface area (Å²) in [5.74, 6) is -0.760. The predicted molar refractivity (Wildman–Crippen MR) is 360 cm³/mol. The zero-order chi connectivity index (χ0) is 66.8. The Bertz CT molecular complexity index is 3840. The van der Waals surface area contributed by atoms with Gasteiger partial charge in [-0.2, -0.15) is 0 Å². The smallest absolute Gasteiger partial charge is 0.343 e. The van der Waals surface area contributed by atoms with Crippen molar-refractivity contribution in [2.45, 2.75) is 167 Å². The number of carbonyl (C=O) groups excluding carboxylic acids is 2. The summed E-state index contributed by atoms with van der Waals surface area (Å²) < 4.78 is 57.0. The van der Waals surface area contributed by atoms with Crippen LogP contribution >= 0.6 is 0 Å². The Kier molecular flexibility index (Phi) is 21.6. The monoisotopic (exact) mass is 1360 g/mol. The second-order valence-corrected chi connectivity index (χ2v) is 44.3. The molecule has 11 heterocycles. The summed E-state index contributed by atoms with van der Waals surface area (Å²) in [6.07, 6.45) is 0.652. The molecule has 0 bridgehead atoms. The quantitative estimate of drug-likeness (QED) is 0.0537. The van der Waals surface area contributed by atoms with Crippen molar-refractivity contribution in [1.29, 1.82) is 0 Å². The number of hydrogen-bond acceptors (Lipinski definition) is 21. The van der Waals surface area contributed by atoms with Crippen LogP contribution in [0.25, 0.3) is 44.6 Å². The summed E-state index contributed by atoms with van der Waals surface area (Å²) in [5, 5.41) is 43.2. The Labute approximate surface area is 543 Å². The van der Waals surface area contributed by atoms with E-state index in [1.165, 1.54) is 0 Å². The van der Waals surface area contributed by atoms with Crippen LogP contribution in [-0.2, 0) is 99.6 Å². The van der Waals surface area contributed by atoms with Gasteiger partial charge in [-0.1, -0.05) is 13.8 Å². The minimum absolute atomic E-state index is 0. The van der Waals surface area contributed by atoms with Gasteiger partial charge in [0.15, 0.2) is 66.8 Å². The number of rotatable bonds is 13. The van der Waals surface area contributed by atoms with Crippen LogP contribution in [0.5, 0.6) is 11.5 Å². The van der Waals surface area contributed by atoms with Gasteiger partial charge in [-0.3, -0.25) is 9.59 Å². The number of pyridine rings is 4. The predicted octanol–water partition coefficient (Wildman–Crippen LogP) is 8.19. The lowest BCUT2D eigenvalue weighted by atomic mass is 9.86. The number of fused-ring (bicyclic) bond motifs is 10. The van der Waals surface area contributed by atoms with Crippen molar-refractivity contribution in [2.24, 2.45) is 0 Å². The minimum Gasteiger partial charge on any atom is -0.508 e. The van der Waals surface area contributed by atoms with Gasteiger partial charge in [0, 0.05) is 46.5 Å². The van der Waals surface area contributed by atoms with Gasteiger partial charge in [0.1, 0.15) is 37.9 Å². The molecule has 5 N–H and O–H groups in total. The van der Waals surface area contributed by atoms with Crippen LogP contribution in [0.1, 0.15) is 67.1 Å². The molecule has 0 aliphatic carbocycles. The number of aryl methyl sites for hydroxylation is 1. The molecule has 3 fully saturated rings. The van der Waals surface area contributed by atoms with Crippen molar-refractivity contribution in [3.05, 3.63) is 127 Å². The maximum absolute atomic E-state index is 13.4. The van der Waals surface area contributed by atoms with Gasteiger partial charge in [-0.25, -0.2) is 19.6 Å². The van der Waals surface area contributed by atoms with E-state index in [1.54, 1.807) is 71.5 Å². The lowest BCUT2D eigenvalue weighted by molar-refractivity contribution is -0.172. The highest BCUT2D eigenvalue weighted by molar-refractivity contribution is 6.85. The maximum Gasteiger partial charge on any atom is 0.343 e. The van der Waals surface area contributed by atoms with E-state index in [9.17, 15) is 44.4 Å². The Balaban J connectivity index is 0.000000166. The number of phenols is 2. The molecule has 4 aromatic heterocycles. The van der Waals surface area contributed by atoms with Crippen LogP contribution in [0, 0.1) is 0 Å². The number of phenolic OH excluding ortho intramolecular Hbond substituents is 2. The van der Waals surface area contributed by atoms with Crippen LogP contribution in [0.15, 0.2) is 76.7 Å². The SMILES string of the molecule is C=C1OCCO1.CC[C@@]1(O)C(=O)OCc2c1cc1n(c2=O)Cc2c-1nc1ccc(O)cc1c2CC[Si](C)(C)O.CC[C@@]1(O)C(=O)OCc2c1cc1n(c2=O)Cc2cc3cc(O)ccc3nc2-1.C[SiH](C)O[SiH](C)C.C[Si](C)(CC1OCCO1)O[Si](C)(C)CC1OCCO1.[HH]. The van der Waals surface area contributed by atoms with Gasteiger partial charge < -0.3 is 80.5 Å². The number of carbonyl (C=O) groups is 2. The molecule has 2 atom stereocenters. The van der Waals surface area contributed by atoms with E-state index in [4.69, 9.17) is 51.1 Å². The van der Waals surface area contributed by atoms with Gasteiger partial charge in [0.05, 0.1) is 84.5 Å². The average molecular weight is 1360 g/mol. The lowest BCUT2D eigenvalue weighted by Crippen LogP contribution is -2.47. The van der Waals surface area contributed by atoms with Crippen molar-refractivity contribution in [2.75, 3.05) is 39.6 Å². The Hall–Kier alpha value is -6.24. The maximum atomic E-state index is 13.4. The number of nitrogens with zero attached hydrogens (tertiary/aromatic N) is 4. The summed E-state index contributed by atoms with van der Waals surface area (Å²) in [7, 11) is -7.24. The molecule has 500 valence electrons. The lowest BCUT2D eigenvalue weighted by Gasteiger charge is -2.35. The van der Waals surface area contributed by atoms with Crippen molar-refractivity contribution < 1.29 is 82.4 Å². The van der Waals surface area contributed by atoms with E-state index >= 15 is 0 Å². The molecule has 13 rings (SSSR count). The largest absolute Gasteiger partial charge is 0.508 e. The number of esters is 2. The van der Waals surface area contributed by atoms with Crippen LogP contribution in [0.4, 0.5) is 0 Å². The first-order chi connectivity index (χ1) is 43.3. The zero-order valence-corrected chi connectivity index (χ0v) is 60.1. The van der Waals surface area contributed by atoms with Crippen molar-refractivity contribution in [1.82, 2.24) is 19.1 Å². The Morgan fingerprint density at radius 3 is 1.55 bits per heavy atom. The molecule has 92 heavy (non-hydrogen) atoms. The number of aromatic nitrogens is 4. The Morgan fingerprint density at radius 2 is 1.10 bits per heavy atom. The number of aromatic hydroxyl groups is 2. The number of hydrogen-bond donors (Lipinski definition) is 5. The summed E-state index contributed by atoms with van der Waals surface area (Å²) in [6, 6.07) is 17.6. The molecule has 3 saturated heterocycles. The fraction of sp³-hybridized carbons (Fsp3) is 0.500. The fourth-order valence-electron chi connectivity index (χ4n) is 12.4. The summed E-state index contributed by atoms with van der Waals surface area (Å²) in [6.45, 7) is 32.8. The second kappa shape index (κ2) is 28.4. The van der Waals surface area contributed by atoms with Crippen LogP contribution in [0.3, 0.4) is 0 Å². The third kappa shape index (κ3) is 15.8. The summed E-state index contributed by atoms with van der Waals surface area (Å²) in [4.78, 5) is 70.9. The molecule has 7 aliphatic rings. The molecule has 28 heteroatoms. The molecule has 0 radical (unpaired) electrons. The zero-order valence-electron chi connectivity index (χ0n) is 54.8. The molecule has 0 saturated carbocycles. The third-order valence-electron chi connectivity index (χ3n) is 16.7. The van der Waals surface area contributed by atoms with Gasteiger partial charge in [-0.15, -0.1) is 0 Å². The van der Waals surface area contributed by atoms with Crippen LogP contribution in [0.2, 0.25) is 83.6 Å². The highest BCUT2D eigenvalue weighted by atomic mass is 28.4. The molecule has 0 amide bonds. The minimum atomic E-state index is -2.36. The molecule has 0 spiro atoms. The van der Waals surface area contributed by atoms with E-state index in [-0.39, 0.29) is 80.4 Å². The van der Waals surface area contributed by atoms with Gasteiger partial charge in [-0.05, 0) is 158 Å². The first-order valence-electron chi connectivity index (χ1n) is 31.4. The molecule has 7 aliphatic heterocycles. The second-order valence-electron chi connectivity index (χ2n) is 26.2. The molecule has 2 aromatic carbocycles. The summed E-state index contributed by atoms with van der Waals surface area (Å²) >= 11 is 0. The summed E-state index contributed by atoms with van der Waals surface area (Å²) in [5.41, 5.74) is 3.27. The van der Waals surface area contributed by atoms with E-state index in [1.807, 2.05) is 19.2 Å². The highest BCUT2D eigenvalue weighted by Gasteiger charge is 2.47. The Morgan fingerprint density at radius 1 is 0.630 bits per heavy atom. The molecule has 0 unspecified atom stereocenters. The van der Waals surface area contributed by atoms with Crippen molar-refractivity contribution in [3.8, 4) is 34.3 Å². The number of aliphatic hydroxyl groups is 2. The third-order valence-corrected chi connectivity index (χ3v) is 29.6. The average Bonchev–Trinajstić information content (AvgIpc) is 1.64. The van der Waals surface area contributed by atoms with E-state index in [2.05, 4.69) is 63.9 Å². The molecular formula is C64H90N4O19Si5. The van der Waals surface area contributed by atoms with Crippen LogP contribution < -0.4 is 11.1 Å². The van der Waals surface area contributed by atoms with Gasteiger partial charge in [0.25, 0.3) is 17.1 Å². The standard InChI is InChI=1S/C24H26N2O6Si.C20H16N2O5.C12H26O5Si2.C4H6O2.C4H14OSi2.H2/c1-4-24(30)18-10-20-21-16(11-26(20)22(28)17(18)12-32-23(24)29)14(7-8-33(2,3)31)15-9-13(27)5-6-19(15)25-21;1-2-20(26)14-7-16-17-11(5-10-6-12(23)3-4-15(10)21-17)8-22(16)18(24)13(14)9-27-19(20)25;1-18(2,9-11-13-5-6-14-11)17-19(3,4)10-12-15-7-8-16-12;1-4-5-2-3-6-4;1-6(2)5-7(3)4;/h5-6,9-10,27,30-31H,4,7-8,11-12H2,1-3H3;3-7,23,26H,2,8-9H2,1H3;11-12H,5-10H2,1-4H3;1-3H2;6-7H,1-4H3;1H/t24-;20-;;;;/m00..../s1. The first-order valence-corrected chi connectivity index (χ1v) is 46.4. The highest BCUT2D eigenvalue weighted by Crippen LogP contribution is 2.43. The molecule has 23 nitrogen and oxygen atoms in total. The normalized spacial score (nSPS) is 19.8. The van der Waals surface area contributed by atoms with E-state index in [0.29, 0.717) is 110 Å². The van der Waals surface area contributed by atoms with Gasteiger partial charge in [0.2, 0.25) is 0 Å². The number of benzene rings is 2.